The van der Waals surface area contributed by atoms with Crippen molar-refractivity contribution >= 4 is 11.6 Å². The lowest BCUT2D eigenvalue weighted by molar-refractivity contribution is -0.0873. The Labute approximate surface area is 190 Å². The molecule has 0 amide bonds. The fraction of sp³-hybridized carbons (Fsp3) is 0.160. The summed E-state index contributed by atoms with van der Waals surface area (Å²) < 4.78 is 71.2. The number of nitrogens with zero attached hydrogens (tertiary/aromatic N) is 3. The molecule has 0 fully saturated rings. The van der Waals surface area contributed by atoms with Gasteiger partial charge in [-0.05, 0) is 43.7 Å². The highest BCUT2D eigenvalue weighted by atomic mass is 19.4. The number of rotatable bonds is 2. The summed E-state index contributed by atoms with van der Waals surface area (Å²) in [6.07, 6.45) is -3.09. The maximum Gasteiger partial charge on any atom is 0.416 e. The predicted molar refractivity (Wildman–Crippen MR) is 116 cm³/mol. The standard InChI is InChI=1S/C25H16F5N3O/c1-14-2-9-20(25(28,29)30)19(18-8-7-17(26)10-21(18)27)11-23-32-22(12-24(34)33(14)23)16-5-3-15(13-31)4-6-16/h3-12,14H,2H2,1H3. The lowest BCUT2D eigenvalue weighted by Gasteiger charge is -2.24. The first-order chi connectivity index (χ1) is 16.1. The Bertz CT molecular complexity index is 1430. The maximum absolute atomic E-state index is 14.6. The van der Waals surface area contributed by atoms with Crippen LogP contribution in [0.3, 0.4) is 0 Å². The van der Waals surface area contributed by atoms with E-state index >= 15 is 0 Å². The van der Waals surface area contributed by atoms with Crippen molar-refractivity contribution in [3.8, 4) is 17.3 Å². The Balaban J connectivity index is 2.00. The van der Waals surface area contributed by atoms with Gasteiger partial charge in [-0.3, -0.25) is 9.36 Å². The minimum atomic E-state index is -4.83. The third-order valence-electron chi connectivity index (χ3n) is 5.48. The first kappa shape index (κ1) is 23.1. The minimum absolute atomic E-state index is 0.104. The molecule has 0 bridgehead atoms. The zero-order chi connectivity index (χ0) is 24.6. The van der Waals surface area contributed by atoms with Gasteiger partial charge in [0.1, 0.15) is 17.5 Å². The molecule has 0 spiro atoms. The van der Waals surface area contributed by atoms with Crippen molar-refractivity contribution < 1.29 is 22.0 Å². The van der Waals surface area contributed by atoms with E-state index in [0.717, 1.165) is 24.3 Å². The van der Waals surface area contributed by atoms with Crippen LogP contribution in [0.5, 0.6) is 0 Å². The number of halogens is 5. The van der Waals surface area contributed by atoms with Crippen molar-refractivity contribution in [2.75, 3.05) is 0 Å². The highest BCUT2D eigenvalue weighted by Gasteiger charge is 2.38. The highest BCUT2D eigenvalue weighted by molar-refractivity contribution is 5.91. The second-order valence-electron chi connectivity index (χ2n) is 7.78. The molecular formula is C25H16F5N3O. The first-order valence-corrected chi connectivity index (χ1v) is 10.2. The normalized spacial score (nSPS) is 16.0. The molecule has 2 aromatic carbocycles. The third kappa shape index (κ3) is 4.39. The van der Waals surface area contributed by atoms with Crippen LogP contribution in [0.4, 0.5) is 22.0 Å². The molecule has 1 aliphatic heterocycles. The Morgan fingerprint density at radius 3 is 2.41 bits per heavy atom. The summed E-state index contributed by atoms with van der Waals surface area (Å²) in [6.45, 7) is 1.58. The van der Waals surface area contributed by atoms with Crippen LogP contribution in [-0.4, -0.2) is 15.7 Å². The molecule has 1 aliphatic rings. The van der Waals surface area contributed by atoms with Crippen LogP contribution in [0.2, 0.25) is 0 Å². The number of nitriles is 1. The van der Waals surface area contributed by atoms with Gasteiger partial charge in [0.2, 0.25) is 0 Å². The van der Waals surface area contributed by atoms with E-state index in [9.17, 15) is 26.7 Å². The second-order valence-corrected chi connectivity index (χ2v) is 7.78. The van der Waals surface area contributed by atoms with E-state index in [0.29, 0.717) is 17.2 Å². The summed E-state index contributed by atoms with van der Waals surface area (Å²) in [6, 6.07) is 11.0. The van der Waals surface area contributed by atoms with Gasteiger partial charge in [-0.15, -0.1) is 0 Å². The number of fused-ring (bicyclic) bond motifs is 1. The molecule has 4 nitrogen and oxygen atoms in total. The van der Waals surface area contributed by atoms with E-state index in [1.807, 2.05) is 6.07 Å². The van der Waals surface area contributed by atoms with Gasteiger partial charge < -0.3 is 0 Å². The average molecular weight is 469 g/mol. The Morgan fingerprint density at radius 1 is 1.09 bits per heavy atom. The van der Waals surface area contributed by atoms with Crippen molar-refractivity contribution in [1.29, 1.82) is 5.26 Å². The Morgan fingerprint density at radius 2 is 1.79 bits per heavy atom. The Hall–Kier alpha value is -4.06. The highest BCUT2D eigenvalue weighted by Crippen LogP contribution is 2.40. The lowest BCUT2D eigenvalue weighted by Crippen LogP contribution is -2.28. The van der Waals surface area contributed by atoms with Crippen LogP contribution in [-0.2, 0) is 0 Å². The summed E-state index contributed by atoms with van der Waals surface area (Å²) >= 11 is 0. The van der Waals surface area contributed by atoms with E-state index in [-0.39, 0.29) is 17.9 Å². The molecule has 4 rings (SSSR count). The van der Waals surface area contributed by atoms with Crippen molar-refractivity contribution in [3.05, 3.63) is 99.1 Å². The van der Waals surface area contributed by atoms with E-state index in [2.05, 4.69) is 4.98 Å². The molecule has 0 saturated carbocycles. The SMILES string of the molecule is CC1CC=C(C(F)(F)F)C(c2ccc(F)cc2F)=Cc2nc(-c3ccc(C#N)cc3)cc(=O)n21. The zero-order valence-corrected chi connectivity index (χ0v) is 17.7. The monoisotopic (exact) mass is 469 g/mol. The number of benzene rings is 2. The van der Waals surface area contributed by atoms with E-state index in [1.165, 1.54) is 22.8 Å². The number of aromatic nitrogens is 2. The molecular weight excluding hydrogens is 453 g/mol. The third-order valence-corrected chi connectivity index (χ3v) is 5.48. The van der Waals surface area contributed by atoms with Gasteiger partial charge >= 0.3 is 6.18 Å². The largest absolute Gasteiger partial charge is 0.416 e. The zero-order valence-electron chi connectivity index (χ0n) is 17.7. The summed E-state index contributed by atoms with van der Waals surface area (Å²) in [5, 5.41) is 8.98. The molecule has 172 valence electrons. The van der Waals surface area contributed by atoms with Gasteiger partial charge in [0.15, 0.2) is 0 Å². The second kappa shape index (κ2) is 8.71. The maximum atomic E-state index is 14.6. The smallest absolute Gasteiger partial charge is 0.290 e. The Kier molecular flexibility index (Phi) is 5.92. The summed E-state index contributed by atoms with van der Waals surface area (Å²) in [4.78, 5) is 17.4. The molecule has 2 heterocycles. The predicted octanol–water partition coefficient (Wildman–Crippen LogP) is 6.05. The first-order valence-electron chi connectivity index (χ1n) is 10.2. The van der Waals surface area contributed by atoms with Crippen molar-refractivity contribution in [2.24, 2.45) is 0 Å². The summed E-state index contributed by atoms with van der Waals surface area (Å²) in [5.74, 6) is -2.21. The summed E-state index contributed by atoms with van der Waals surface area (Å²) in [5.41, 5.74) is -1.59. The average Bonchev–Trinajstić information content (AvgIpc) is 2.76. The molecule has 3 aromatic rings. The lowest BCUT2D eigenvalue weighted by atomic mass is 9.93. The van der Waals surface area contributed by atoms with Crippen LogP contribution < -0.4 is 5.56 Å². The van der Waals surface area contributed by atoms with E-state index < -0.39 is 46.1 Å². The van der Waals surface area contributed by atoms with E-state index in [4.69, 9.17) is 5.26 Å². The number of allylic oxidation sites excluding steroid dienone is 3. The van der Waals surface area contributed by atoms with E-state index in [1.54, 1.807) is 19.1 Å². The quantitative estimate of drug-likeness (QED) is 0.429. The molecule has 0 N–H and O–H groups in total. The van der Waals surface area contributed by atoms with Crippen molar-refractivity contribution in [3.63, 3.8) is 0 Å². The molecule has 0 aliphatic carbocycles. The van der Waals surface area contributed by atoms with Crippen LogP contribution in [0.15, 0.2) is 65.0 Å². The fourth-order valence-electron chi connectivity index (χ4n) is 3.83. The molecule has 34 heavy (non-hydrogen) atoms. The number of hydrogen-bond donors (Lipinski definition) is 0. The minimum Gasteiger partial charge on any atom is -0.290 e. The van der Waals surface area contributed by atoms with Crippen LogP contribution in [0.1, 0.15) is 36.3 Å². The molecule has 0 saturated heterocycles. The van der Waals surface area contributed by atoms with Crippen LogP contribution >= 0.6 is 0 Å². The van der Waals surface area contributed by atoms with Gasteiger partial charge in [0.25, 0.3) is 5.56 Å². The number of alkyl halides is 3. The van der Waals surface area contributed by atoms with Gasteiger partial charge in [-0.2, -0.15) is 18.4 Å². The fourth-order valence-corrected chi connectivity index (χ4v) is 3.83. The van der Waals surface area contributed by atoms with Gasteiger partial charge in [-0.25, -0.2) is 13.8 Å². The van der Waals surface area contributed by atoms with Crippen LogP contribution in [0.25, 0.3) is 22.9 Å². The van der Waals surface area contributed by atoms with Gasteiger partial charge in [0, 0.05) is 34.9 Å². The molecule has 1 unspecified atom stereocenters. The van der Waals surface area contributed by atoms with Crippen molar-refractivity contribution in [2.45, 2.75) is 25.6 Å². The number of hydrogen-bond acceptors (Lipinski definition) is 3. The summed E-state index contributed by atoms with van der Waals surface area (Å²) in [7, 11) is 0. The molecule has 1 aromatic heterocycles. The van der Waals surface area contributed by atoms with Crippen LogP contribution in [0, 0.1) is 23.0 Å². The molecule has 9 heteroatoms. The molecule has 0 radical (unpaired) electrons. The topological polar surface area (TPSA) is 58.7 Å². The van der Waals surface area contributed by atoms with Gasteiger partial charge in [0.05, 0.1) is 22.9 Å². The molecule has 1 atom stereocenters. The van der Waals surface area contributed by atoms with Crippen molar-refractivity contribution in [1.82, 2.24) is 9.55 Å². The van der Waals surface area contributed by atoms with Gasteiger partial charge in [-0.1, -0.05) is 18.2 Å².